The van der Waals surface area contributed by atoms with Crippen LogP contribution in [0.25, 0.3) is 32.9 Å². The average Bonchev–Trinajstić information content (AvgIpc) is 3.68. The third-order valence-corrected chi connectivity index (χ3v) is 11.3. The minimum Gasteiger partial charge on any atom is -0.494 e. The molecular weight excluding hydrogens is 758 g/mol. The van der Waals surface area contributed by atoms with E-state index in [-0.39, 0.29) is 23.3 Å². The van der Waals surface area contributed by atoms with Crippen LogP contribution in [0.2, 0.25) is 10.0 Å². The highest BCUT2D eigenvalue weighted by Crippen LogP contribution is 2.47. The van der Waals surface area contributed by atoms with Crippen molar-refractivity contribution in [1.29, 1.82) is 0 Å². The summed E-state index contributed by atoms with van der Waals surface area (Å²) in [4.78, 5) is 29.3. The number of rotatable bonds is 9. The fourth-order valence-electron chi connectivity index (χ4n) is 8.04. The second kappa shape index (κ2) is 13.9. The highest BCUT2D eigenvalue weighted by molar-refractivity contribution is 6.35. The number of halogens is 5. The summed E-state index contributed by atoms with van der Waals surface area (Å²) < 4.78 is 55.4. The molecule has 15 heteroatoms. The van der Waals surface area contributed by atoms with Gasteiger partial charge in [-0.15, -0.1) is 13.2 Å². The number of ether oxygens (including phenoxy) is 2. The van der Waals surface area contributed by atoms with E-state index in [4.69, 9.17) is 27.9 Å². The van der Waals surface area contributed by atoms with Gasteiger partial charge < -0.3 is 28.6 Å². The highest BCUT2D eigenvalue weighted by atomic mass is 35.5. The minimum absolute atomic E-state index is 0.00808. The van der Waals surface area contributed by atoms with Gasteiger partial charge in [-0.05, 0) is 101 Å². The van der Waals surface area contributed by atoms with Gasteiger partial charge in [0, 0.05) is 59.3 Å². The van der Waals surface area contributed by atoms with E-state index >= 15 is 4.79 Å². The van der Waals surface area contributed by atoms with Crippen LogP contribution in [0.1, 0.15) is 68.4 Å². The number of carboxylic acids is 1. The van der Waals surface area contributed by atoms with Gasteiger partial charge in [0.1, 0.15) is 17.2 Å². The summed E-state index contributed by atoms with van der Waals surface area (Å²) in [6.07, 6.45) is -4.08. The van der Waals surface area contributed by atoms with E-state index in [2.05, 4.69) is 9.84 Å². The number of carbonyl (C=O) groups excluding carboxylic acids is 1. The van der Waals surface area contributed by atoms with Crippen molar-refractivity contribution in [3.8, 4) is 22.6 Å². The first kappa shape index (κ1) is 38.1. The molecule has 6 aromatic rings. The maximum atomic E-state index is 15.1. The van der Waals surface area contributed by atoms with E-state index in [9.17, 15) is 23.1 Å². The zero-order valence-electron chi connectivity index (χ0n) is 31.2. The smallest absolute Gasteiger partial charge is 0.494 e. The van der Waals surface area contributed by atoms with Gasteiger partial charge in [0.2, 0.25) is 0 Å². The zero-order valence-corrected chi connectivity index (χ0v) is 32.7. The van der Waals surface area contributed by atoms with Crippen LogP contribution in [0.15, 0.2) is 42.5 Å². The molecule has 0 aliphatic carbocycles. The monoisotopic (exact) mass is 795 g/mol. The van der Waals surface area contributed by atoms with Crippen LogP contribution in [0.5, 0.6) is 11.5 Å². The first-order valence-corrected chi connectivity index (χ1v) is 18.3. The molecule has 1 amide bonds. The summed E-state index contributed by atoms with van der Waals surface area (Å²) in [7, 11) is 3.35. The molecule has 0 fully saturated rings. The standard InChI is InChI=1S/C40H38Cl2F3N5O5/c1-19-15-25(16-20(2)33(19)42)54-14-8-9-26-27-11-12-29(41)32(31-22(4)46-48(7)23(31)5)34(27)50-21(3)18-49(38(51)36(26)50)35-28-17-24(55-40(43,44)45)10-13-30(28)47(6)37(35)39(52)53/h10-13,15-17,21H,8-9,14,18H2,1-7H3,(H,52,53)/t21-/m1/s1. The Balaban J connectivity index is 1.41. The third kappa shape index (κ3) is 6.46. The lowest BCUT2D eigenvalue weighted by Gasteiger charge is -2.34. The zero-order chi connectivity index (χ0) is 39.8. The molecular formula is C40H38Cl2F3N5O5. The Labute approximate surface area is 324 Å². The minimum atomic E-state index is -4.98. The number of anilines is 1. The van der Waals surface area contributed by atoms with E-state index < -0.39 is 30.0 Å². The van der Waals surface area contributed by atoms with Crippen molar-refractivity contribution in [2.24, 2.45) is 14.1 Å². The summed E-state index contributed by atoms with van der Waals surface area (Å²) in [6, 6.07) is 10.6. The van der Waals surface area contributed by atoms with Gasteiger partial charge in [-0.3, -0.25) is 9.48 Å². The largest absolute Gasteiger partial charge is 0.573 e. The van der Waals surface area contributed by atoms with Gasteiger partial charge >= 0.3 is 12.3 Å². The van der Waals surface area contributed by atoms with E-state index in [1.54, 1.807) is 10.7 Å². The summed E-state index contributed by atoms with van der Waals surface area (Å²) in [6.45, 7) is 9.90. The molecule has 55 heavy (non-hydrogen) atoms. The Morgan fingerprint density at radius 2 is 1.67 bits per heavy atom. The number of nitrogens with zero attached hydrogens (tertiary/aromatic N) is 5. The normalized spacial score (nSPS) is 14.7. The van der Waals surface area contributed by atoms with Crippen molar-refractivity contribution in [3.63, 3.8) is 0 Å². The van der Waals surface area contributed by atoms with Crippen molar-refractivity contribution >= 4 is 62.6 Å². The van der Waals surface area contributed by atoms with Gasteiger partial charge in [-0.25, -0.2) is 4.79 Å². The lowest BCUT2D eigenvalue weighted by atomic mass is 9.98. The summed E-state index contributed by atoms with van der Waals surface area (Å²) in [5.41, 5.74) is 6.77. The second-order valence-corrected chi connectivity index (χ2v) is 14.8. The number of alkyl halides is 3. The average molecular weight is 797 g/mol. The molecule has 3 aromatic carbocycles. The Kier molecular flexibility index (Phi) is 9.61. The molecule has 0 saturated heterocycles. The van der Waals surface area contributed by atoms with Crippen LogP contribution in [0, 0.1) is 27.7 Å². The van der Waals surface area contributed by atoms with Crippen molar-refractivity contribution in [2.45, 2.75) is 59.9 Å². The molecule has 4 heterocycles. The van der Waals surface area contributed by atoms with E-state index in [1.807, 2.05) is 64.4 Å². The van der Waals surface area contributed by atoms with Gasteiger partial charge in [0.25, 0.3) is 5.91 Å². The topological polar surface area (TPSA) is 104 Å². The van der Waals surface area contributed by atoms with Gasteiger partial charge in [0.05, 0.1) is 34.0 Å². The van der Waals surface area contributed by atoms with Crippen LogP contribution < -0.4 is 14.4 Å². The summed E-state index contributed by atoms with van der Waals surface area (Å²) >= 11 is 13.4. The Morgan fingerprint density at radius 1 is 0.982 bits per heavy atom. The molecule has 7 rings (SSSR count). The molecule has 288 valence electrons. The first-order chi connectivity index (χ1) is 25.9. The van der Waals surface area contributed by atoms with E-state index in [0.717, 1.165) is 56.7 Å². The molecule has 0 unspecified atom stereocenters. The van der Waals surface area contributed by atoms with Crippen LogP contribution in [-0.2, 0) is 20.5 Å². The van der Waals surface area contributed by atoms with Crippen LogP contribution in [0.3, 0.4) is 0 Å². The third-order valence-electron chi connectivity index (χ3n) is 10.4. The van der Waals surface area contributed by atoms with Crippen molar-refractivity contribution in [3.05, 3.63) is 92.0 Å². The molecule has 0 spiro atoms. The number of amides is 1. The molecule has 0 radical (unpaired) electrons. The number of carboxylic acid groups (broad SMARTS) is 1. The maximum Gasteiger partial charge on any atom is 0.573 e. The number of benzene rings is 3. The van der Waals surface area contributed by atoms with Crippen LogP contribution >= 0.6 is 23.2 Å². The maximum absolute atomic E-state index is 15.1. The van der Waals surface area contributed by atoms with Gasteiger partial charge in [-0.1, -0.05) is 29.3 Å². The predicted octanol–water partition coefficient (Wildman–Crippen LogP) is 9.90. The van der Waals surface area contributed by atoms with Crippen LogP contribution in [-0.4, -0.2) is 55.4 Å². The molecule has 0 bridgehead atoms. The van der Waals surface area contributed by atoms with Gasteiger partial charge in [0.15, 0.2) is 5.69 Å². The molecule has 1 aliphatic rings. The lowest BCUT2D eigenvalue weighted by Crippen LogP contribution is -2.43. The number of carbonyl (C=O) groups is 2. The Morgan fingerprint density at radius 3 is 2.29 bits per heavy atom. The number of aryl methyl sites for hydroxylation is 6. The molecule has 10 nitrogen and oxygen atoms in total. The second-order valence-electron chi connectivity index (χ2n) is 14.1. The quantitative estimate of drug-likeness (QED) is 0.146. The SMILES string of the molecule is Cc1cc(OCCCc2c3n(c4c(-c5c(C)nn(C)c5C)c(Cl)ccc24)[C@H](C)CN(c2c(C(=O)O)n(C)c4ccc(OC(F)(F)F)cc24)C3=O)cc(C)c1Cl. The Bertz CT molecular complexity index is 2550. The van der Waals surface area contributed by atoms with E-state index in [0.29, 0.717) is 52.0 Å². The molecule has 1 atom stereocenters. The van der Waals surface area contributed by atoms with Crippen molar-refractivity contribution < 1.29 is 37.3 Å². The number of hydrogen-bond donors (Lipinski definition) is 1. The van der Waals surface area contributed by atoms with Crippen molar-refractivity contribution in [1.82, 2.24) is 18.9 Å². The summed E-state index contributed by atoms with van der Waals surface area (Å²) in [5.74, 6) is -1.72. The predicted molar refractivity (Wildman–Crippen MR) is 206 cm³/mol. The summed E-state index contributed by atoms with van der Waals surface area (Å²) in [5, 5.41) is 17.2. The van der Waals surface area contributed by atoms with E-state index in [1.165, 1.54) is 22.6 Å². The highest BCUT2D eigenvalue weighted by Gasteiger charge is 2.40. The Hall–Kier alpha value is -5.14. The number of hydrogen-bond acceptors (Lipinski definition) is 5. The first-order valence-electron chi connectivity index (χ1n) is 17.6. The number of fused-ring (bicyclic) bond motifs is 4. The molecule has 1 N–H and O–H groups in total. The molecule has 1 aliphatic heterocycles. The van der Waals surface area contributed by atoms with Crippen molar-refractivity contribution in [2.75, 3.05) is 18.1 Å². The number of aromatic carboxylic acids is 1. The fraction of sp³-hybridized carbons (Fsp3) is 0.325. The fourth-order valence-corrected chi connectivity index (χ4v) is 8.40. The van der Waals surface area contributed by atoms with Crippen LogP contribution in [0.4, 0.5) is 18.9 Å². The lowest BCUT2D eigenvalue weighted by molar-refractivity contribution is -0.274. The van der Waals surface area contributed by atoms with Gasteiger partial charge in [-0.2, -0.15) is 5.10 Å². The number of aromatic nitrogens is 4. The molecule has 3 aromatic heterocycles. The molecule has 0 saturated carbocycles.